The van der Waals surface area contributed by atoms with E-state index >= 15 is 0 Å². The predicted octanol–water partition coefficient (Wildman–Crippen LogP) is 2.02. The Morgan fingerprint density at radius 3 is 2.53 bits per heavy atom. The van der Waals surface area contributed by atoms with Gasteiger partial charge in [-0.05, 0) is 31.4 Å². The molecule has 2 bridgehead atoms. The standard InChI is InChI=1S/C25H29N3O4/c1-15(16-7-3-2-4-8-16)26-24(31)22-18(14-29)20-13-27-19(11-6-12-21(27)30)23(22)28(20)25(32)17-9-5-10-17/h2-4,6-8,11-12,15,17-18,20,22-23,29H,5,9-10,13-14H2,1H3,(H,26,31)/t15-,18-,20-,22+,23+/m0/s1. The van der Waals surface area contributed by atoms with Crippen LogP contribution < -0.4 is 10.9 Å². The summed E-state index contributed by atoms with van der Waals surface area (Å²) in [6.45, 7) is 2.03. The number of hydrogen-bond donors (Lipinski definition) is 2. The van der Waals surface area contributed by atoms with Crippen molar-refractivity contribution in [2.45, 2.75) is 50.9 Å². The lowest BCUT2D eigenvalue weighted by Crippen LogP contribution is -2.51. The van der Waals surface area contributed by atoms with E-state index in [-0.39, 0.29) is 42.0 Å². The SMILES string of the molecule is C[C@H](NC(=O)[C@@H]1[C@@H](CO)[C@@H]2Cn3c(cccc3=O)[C@H]1N2C(=O)C1CCC1)c1ccccc1. The molecule has 1 saturated carbocycles. The van der Waals surface area contributed by atoms with Crippen LogP contribution in [0.2, 0.25) is 0 Å². The van der Waals surface area contributed by atoms with Crippen molar-refractivity contribution in [2.24, 2.45) is 17.8 Å². The van der Waals surface area contributed by atoms with Gasteiger partial charge in [-0.15, -0.1) is 0 Å². The number of nitrogens with zero attached hydrogens (tertiary/aromatic N) is 2. The number of aromatic nitrogens is 1. The molecule has 2 aromatic rings. The molecule has 0 radical (unpaired) electrons. The molecule has 2 fully saturated rings. The van der Waals surface area contributed by atoms with Gasteiger partial charge in [-0.3, -0.25) is 14.4 Å². The summed E-state index contributed by atoms with van der Waals surface area (Å²) in [7, 11) is 0. The molecule has 2 N–H and O–H groups in total. The summed E-state index contributed by atoms with van der Waals surface area (Å²) in [6, 6.07) is 13.6. The number of fused-ring (bicyclic) bond motifs is 4. The molecule has 2 amide bonds. The molecule has 0 unspecified atom stereocenters. The van der Waals surface area contributed by atoms with Gasteiger partial charge in [-0.1, -0.05) is 42.8 Å². The van der Waals surface area contributed by atoms with Gasteiger partial charge in [-0.2, -0.15) is 0 Å². The van der Waals surface area contributed by atoms with Gasteiger partial charge in [0.1, 0.15) is 0 Å². The van der Waals surface area contributed by atoms with Crippen molar-refractivity contribution < 1.29 is 14.7 Å². The highest BCUT2D eigenvalue weighted by molar-refractivity contribution is 5.86. The third kappa shape index (κ3) is 3.26. The van der Waals surface area contributed by atoms with Crippen LogP contribution in [-0.2, 0) is 16.1 Å². The van der Waals surface area contributed by atoms with Gasteiger partial charge in [-0.25, -0.2) is 0 Å². The number of benzene rings is 1. The molecule has 3 aliphatic rings. The normalized spacial score (nSPS) is 27.4. The monoisotopic (exact) mass is 435 g/mol. The number of carbonyl (C=O) groups is 2. The zero-order chi connectivity index (χ0) is 22.4. The molecule has 168 valence electrons. The number of rotatable bonds is 5. The van der Waals surface area contributed by atoms with E-state index in [1.807, 2.05) is 48.2 Å². The predicted molar refractivity (Wildman–Crippen MR) is 118 cm³/mol. The maximum Gasteiger partial charge on any atom is 0.250 e. The zero-order valence-electron chi connectivity index (χ0n) is 18.2. The molecule has 32 heavy (non-hydrogen) atoms. The molecule has 1 aromatic heterocycles. The van der Waals surface area contributed by atoms with E-state index in [2.05, 4.69) is 5.32 Å². The lowest BCUT2D eigenvalue weighted by Gasteiger charge is -2.41. The number of carbonyl (C=O) groups excluding carboxylic acids is 2. The maximum absolute atomic E-state index is 13.6. The molecule has 5 atom stereocenters. The minimum Gasteiger partial charge on any atom is -0.396 e. The van der Waals surface area contributed by atoms with E-state index in [0.29, 0.717) is 12.2 Å². The summed E-state index contributed by atoms with van der Waals surface area (Å²) >= 11 is 0. The molecule has 1 saturated heterocycles. The third-order valence-corrected chi connectivity index (χ3v) is 7.59. The molecule has 5 rings (SSSR count). The minimum atomic E-state index is -0.615. The van der Waals surface area contributed by atoms with Crippen LogP contribution in [0.15, 0.2) is 53.3 Å². The number of aliphatic hydroxyl groups excluding tert-OH is 1. The summed E-state index contributed by atoms with van der Waals surface area (Å²) in [5.74, 6) is -1.20. The summed E-state index contributed by atoms with van der Waals surface area (Å²) in [5.41, 5.74) is 1.54. The first-order valence-electron chi connectivity index (χ1n) is 11.5. The summed E-state index contributed by atoms with van der Waals surface area (Å²) in [5, 5.41) is 13.4. The number of nitrogens with one attached hydrogen (secondary N) is 1. The highest BCUT2D eigenvalue weighted by Gasteiger charge is 2.58. The average molecular weight is 436 g/mol. The van der Waals surface area contributed by atoms with Crippen molar-refractivity contribution in [3.05, 3.63) is 70.1 Å². The third-order valence-electron chi connectivity index (χ3n) is 7.59. The molecule has 2 aliphatic heterocycles. The van der Waals surface area contributed by atoms with E-state index < -0.39 is 17.9 Å². The fraction of sp³-hybridized carbons (Fsp3) is 0.480. The van der Waals surface area contributed by atoms with E-state index in [1.165, 1.54) is 6.07 Å². The van der Waals surface area contributed by atoms with Crippen molar-refractivity contribution in [1.82, 2.24) is 14.8 Å². The quantitative estimate of drug-likeness (QED) is 0.752. The van der Waals surface area contributed by atoms with Crippen LogP contribution in [0.1, 0.15) is 49.5 Å². The van der Waals surface area contributed by atoms with Crippen LogP contribution in [0.25, 0.3) is 0 Å². The van der Waals surface area contributed by atoms with Gasteiger partial charge < -0.3 is 19.9 Å². The van der Waals surface area contributed by atoms with E-state index in [1.54, 1.807) is 10.6 Å². The van der Waals surface area contributed by atoms with Gasteiger partial charge in [0.05, 0.1) is 24.0 Å². The number of aliphatic hydroxyl groups is 1. The fourth-order valence-corrected chi connectivity index (χ4v) is 5.66. The fourth-order valence-electron chi connectivity index (χ4n) is 5.66. The van der Waals surface area contributed by atoms with Crippen molar-refractivity contribution in [1.29, 1.82) is 0 Å². The molecule has 1 aliphatic carbocycles. The van der Waals surface area contributed by atoms with E-state index in [9.17, 15) is 19.5 Å². The van der Waals surface area contributed by atoms with Crippen LogP contribution in [-0.4, -0.2) is 39.0 Å². The average Bonchev–Trinajstić information content (AvgIpc) is 3.00. The summed E-state index contributed by atoms with van der Waals surface area (Å²) < 4.78 is 1.68. The molecule has 1 aromatic carbocycles. The van der Waals surface area contributed by atoms with Gasteiger partial charge in [0.15, 0.2) is 0 Å². The molecule has 3 heterocycles. The Labute approximate surface area is 187 Å². The second-order valence-electron chi connectivity index (χ2n) is 9.30. The second-order valence-corrected chi connectivity index (χ2v) is 9.30. The highest BCUT2D eigenvalue weighted by Crippen LogP contribution is 2.50. The van der Waals surface area contributed by atoms with E-state index in [0.717, 1.165) is 24.8 Å². The Kier molecular flexibility index (Phi) is 5.37. The van der Waals surface area contributed by atoms with Crippen molar-refractivity contribution >= 4 is 11.8 Å². The number of pyridine rings is 1. The van der Waals surface area contributed by atoms with Crippen LogP contribution in [0.3, 0.4) is 0 Å². The van der Waals surface area contributed by atoms with Crippen LogP contribution >= 0.6 is 0 Å². The van der Waals surface area contributed by atoms with Crippen LogP contribution in [0.5, 0.6) is 0 Å². The Morgan fingerprint density at radius 2 is 1.88 bits per heavy atom. The van der Waals surface area contributed by atoms with Crippen molar-refractivity contribution in [2.75, 3.05) is 6.61 Å². The minimum absolute atomic E-state index is 0.0219. The lowest BCUT2D eigenvalue weighted by atomic mass is 9.83. The number of hydrogen-bond acceptors (Lipinski definition) is 4. The molecular weight excluding hydrogens is 406 g/mol. The van der Waals surface area contributed by atoms with Crippen LogP contribution in [0, 0.1) is 17.8 Å². The Balaban J connectivity index is 1.53. The van der Waals surface area contributed by atoms with E-state index in [4.69, 9.17) is 0 Å². The second kappa shape index (κ2) is 8.20. The molecule has 0 spiro atoms. The molecular formula is C25H29N3O4. The highest BCUT2D eigenvalue weighted by atomic mass is 16.3. The first-order valence-corrected chi connectivity index (χ1v) is 11.5. The maximum atomic E-state index is 13.6. The summed E-state index contributed by atoms with van der Waals surface area (Å²) in [6.07, 6.45) is 2.77. The first-order chi connectivity index (χ1) is 15.5. The zero-order valence-corrected chi connectivity index (χ0v) is 18.2. The smallest absolute Gasteiger partial charge is 0.250 e. The van der Waals surface area contributed by atoms with Crippen LogP contribution in [0.4, 0.5) is 0 Å². The largest absolute Gasteiger partial charge is 0.396 e. The number of amides is 2. The Hall–Kier alpha value is -2.93. The van der Waals surface area contributed by atoms with Gasteiger partial charge >= 0.3 is 0 Å². The van der Waals surface area contributed by atoms with Crippen molar-refractivity contribution in [3.8, 4) is 0 Å². The summed E-state index contributed by atoms with van der Waals surface area (Å²) in [4.78, 5) is 41.5. The van der Waals surface area contributed by atoms with Crippen molar-refractivity contribution in [3.63, 3.8) is 0 Å². The van der Waals surface area contributed by atoms with Gasteiger partial charge in [0.2, 0.25) is 11.8 Å². The van der Waals surface area contributed by atoms with Gasteiger partial charge in [0.25, 0.3) is 5.56 Å². The Morgan fingerprint density at radius 1 is 1.12 bits per heavy atom. The molecule has 7 nitrogen and oxygen atoms in total. The Bertz CT molecular complexity index is 1080. The molecule has 7 heteroatoms. The lowest BCUT2D eigenvalue weighted by molar-refractivity contribution is -0.143. The first kappa shape index (κ1) is 20.9. The topological polar surface area (TPSA) is 91.6 Å². The van der Waals surface area contributed by atoms with Gasteiger partial charge in [0, 0.05) is 36.7 Å².